The third kappa shape index (κ3) is 3.47. The van der Waals surface area contributed by atoms with Gasteiger partial charge in [0, 0.05) is 26.2 Å². The zero-order chi connectivity index (χ0) is 15.4. The summed E-state index contributed by atoms with van der Waals surface area (Å²) < 4.78 is 0. The molecule has 1 fully saturated rings. The molecule has 0 atom stereocenters. The summed E-state index contributed by atoms with van der Waals surface area (Å²) in [6.45, 7) is 6.55. The Labute approximate surface area is 123 Å². The van der Waals surface area contributed by atoms with Crippen LogP contribution < -0.4 is 4.90 Å². The fourth-order valence-electron chi connectivity index (χ4n) is 2.48. The quantitative estimate of drug-likeness (QED) is 0.869. The summed E-state index contributed by atoms with van der Waals surface area (Å²) >= 11 is 0. The summed E-state index contributed by atoms with van der Waals surface area (Å²) in [4.78, 5) is 14.7. The van der Waals surface area contributed by atoms with E-state index in [0.29, 0.717) is 24.5 Å². The highest BCUT2D eigenvalue weighted by molar-refractivity contribution is 5.69. The Morgan fingerprint density at radius 1 is 1.29 bits per heavy atom. The Bertz CT molecular complexity index is 581. The SMILES string of the molecule is Cc1nnc(N2CCCN(CC(=O)O)CC2)c(C#N)c1C. The summed E-state index contributed by atoms with van der Waals surface area (Å²) in [6, 6.07) is 2.21. The van der Waals surface area contributed by atoms with Crippen molar-refractivity contribution in [3.63, 3.8) is 0 Å². The summed E-state index contributed by atoms with van der Waals surface area (Å²) in [6.07, 6.45) is 0.840. The molecule has 0 unspecified atom stereocenters. The predicted molar refractivity (Wildman–Crippen MR) is 77.1 cm³/mol. The summed E-state index contributed by atoms with van der Waals surface area (Å²) in [5.41, 5.74) is 2.18. The molecular formula is C14H19N5O2. The Morgan fingerprint density at radius 3 is 2.71 bits per heavy atom. The van der Waals surface area contributed by atoms with Crippen LogP contribution in [0.3, 0.4) is 0 Å². The van der Waals surface area contributed by atoms with Gasteiger partial charge >= 0.3 is 5.97 Å². The van der Waals surface area contributed by atoms with Crippen molar-refractivity contribution < 1.29 is 9.90 Å². The van der Waals surface area contributed by atoms with Gasteiger partial charge in [-0.3, -0.25) is 9.69 Å². The first kappa shape index (κ1) is 15.2. The minimum atomic E-state index is -0.813. The lowest BCUT2D eigenvalue weighted by Crippen LogP contribution is -2.34. The van der Waals surface area contributed by atoms with Gasteiger partial charge in [-0.1, -0.05) is 0 Å². The molecule has 0 saturated carbocycles. The van der Waals surface area contributed by atoms with Crippen molar-refractivity contribution in [3.05, 3.63) is 16.8 Å². The van der Waals surface area contributed by atoms with Crippen LogP contribution in [0.2, 0.25) is 0 Å². The van der Waals surface area contributed by atoms with Crippen LogP contribution in [0.15, 0.2) is 0 Å². The molecule has 7 heteroatoms. The first-order valence-electron chi connectivity index (χ1n) is 6.96. The maximum absolute atomic E-state index is 10.8. The molecule has 1 saturated heterocycles. The van der Waals surface area contributed by atoms with Crippen LogP contribution in [-0.2, 0) is 4.79 Å². The number of hydrogen-bond acceptors (Lipinski definition) is 6. The molecule has 1 N–H and O–H groups in total. The van der Waals surface area contributed by atoms with Crippen LogP contribution in [0.5, 0.6) is 0 Å². The highest BCUT2D eigenvalue weighted by Gasteiger charge is 2.21. The van der Waals surface area contributed by atoms with Gasteiger partial charge in [-0.05, 0) is 25.8 Å². The van der Waals surface area contributed by atoms with Gasteiger partial charge in [-0.25, -0.2) is 0 Å². The standard InChI is InChI=1S/C14H19N5O2/c1-10-11(2)16-17-14(12(10)8-15)19-5-3-4-18(6-7-19)9-13(20)21/h3-7,9H2,1-2H3,(H,20,21). The number of aryl methyl sites for hydroxylation is 1. The first-order valence-corrected chi connectivity index (χ1v) is 6.96. The van der Waals surface area contributed by atoms with Crippen LogP contribution in [-0.4, -0.2) is 58.9 Å². The zero-order valence-electron chi connectivity index (χ0n) is 12.3. The second kappa shape index (κ2) is 6.50. The van der Waals surface area contributed by atoms with Crippen molar-refractivity contribution in [3.8, 4) is 6.07 Å². The minimum Gasteiger partial charge on any atom is -0.480 e. The fraction of sp³-hybridized carbons (Fsp3) is 0.571. The second-order valence-corrected chi connectivity index (χ2v) is 5.23. The molecule has 0 aliphatic carbocycles. The minimum absolute atomic E-state index is 0.0531. The number of nitriles is 1. The maximum atomic E-state index is 10.8. The molecule has 2 rings (SSSR count). The smallest absolute Gasteiger partial charge is 0.317 e. The van der Waals surface area contributed by atoms with Crippen LogP contribution in [0.1, 0.15) is 23.2 Å². The molecule has 1 aliphatic heterocycles. The molecule has 112 valence electrons. The Hall–Kier alpha value is -2.20. The van der Waals surface area contributed by atoms with Gasteiger partial charge in [0.15, 0.2) is 5.82 Å². The largest absolute Gasteiger partial charge is 0.480 e. The lowest BCUT2D eigenvalue weighted by atomic mass is 10.1. The molecule has 0 radical (unpaired) electrons. The predicted octanol–water partition coefficient (Wildman–Crippen LogP) is 0.562. The number of carbonyl (C=O) groups is 1. The third-order valence-electron chi connectivity index (χ3n) is 3.79. The van der Waals surface area contributed by atoms with Crippen molar-refractivity contribution in [2.24, 2.45) is 0 Å². The molecule has 1 aromatic heterocycles. The van der Waals surface area contributed by atoms with Gasteiger partial charge in [0.1, 0.15) is 11.6 Å². The number of aromatic nitrogens is 2. The molecule has 2 heterocycles. The summed E-state index contributed by atoms with van der Waals surface area (Å²) in [7, 11) is 0. The van der Waals surface area contributed by atoms with E-state index in [9.17, 15) is 10.1 Å². The fourth-order valence-corrected chi connectivity index (χ4v) is 2.48. The number of carboxylic acid groups (broad SMARTS) is 1. The van der Waals surface area contributed by atoms with Gasteiger partial charge in [0.25, 0.3) is 0 Å². The van der Waals surface area contributed by atoms with E-state index in [-0.39, 0.29) is 6.54 Å². The first-order chi connectivity index (χ1) is 10.0. The molecule has 7 nitrogen and oxygen atoms in total. The summed E-state index contributed by atoms with van der Waals surface area (Å²) in [5.74, 6) is -0.204. The highest BCUT2D eigenvalue weighted by Crippen LogP contribution is 2.22. The second-order valence-electron chi connectivity index (χ2n) is 5.23. The van der Waals surface area contributed by atoms with Crippen molar-refractivity contribution in [1.29, 1.82) is 5.26 Å². The van der Waals surface area contributed by atoms with Crippen molar-refractivity contribution in [1.82, 2.24) is 15.1 Å². The highest BCUT2D eigenvalue weighted by atomic mass is 16.4. The Balaban J connectivity index is 2.18. The molecule has 0 amide bonds. The molecule has 0 aromatic carbocycles. The van der Waals surface area contributed by atoms with Gasteiger partial charge in [0.05, 0.1) is 12.2 Å². The van der Waals surface area contributed by atoms with E-state index in [0.717, 1.165) is 30.8 Å². The number of carboxylic acids is 1. The average molecular weight is 289 g/mol. The van der Waals surface area contributed by atoms with Gasteiger partial charge in [-0.15, -0.1) is 5.10 Å². The van der Waals surface area contributed by atoms with E-state index in [1.165, 1.54) is 0 Å². The number of nitrogens with zero attached hydrogens (tertiary/aromatic N) is 5. The Morgan fingerprint density at radius 2 is 2.05 bits per heavy atom. The number of rotatable bonds is 3. The van der Waals surface area contributed by atoms with Gasteiger partial charge < -0.3 is 10.0 Å². The van der Waals surface area contributed by atoms with E-state index < -0.39 is 5.97 Å². The normalized spacial score (nSPS) is 16.3. The van der Waals surface area contributed by atoms with E-state index >= 15 is 0 Å². The van der Waals surface area contributed by atoms with Crippen molar-refractivity contribution >= 4 is 11.8 Å². The zero-order valence-corrected chi connectivity index (χ0v) is 12.3. The van der Waals surface area contributed by atoms with Gasteiger partial charge in [-0.2, -0.15) is 10.4 Å². The third-order valence-corrected chi connectivity index (χ3v) is 3.79. The van der Waals surface area contributed by atoms with Crippen LogP contribution in [0.25, 0.3) is 0 Å². The number of anilines is 1. The average Bonchev–Trinajstić information content (AvgIpc) is 2.66. The lowest BCUT2D eigenvalue weighted by molar-refractivity contribution is -0.138. The molecule has 0 spiro atoms. The summed E-state index contributed by atoms with van der Waals surface area (Å²) in [5, 5.41) is 26.5. The number of hydrogen-bond donors (Lipinski definition) is 1. The van der Waals surface area contributed by atoms with Crippen LogP contribution in [0.4, 0.5) is 5.82 Å². The molecule has 1 aromatic rings. The molecule has 21 heavy (non-hydrogen) atoms. The molecule has 1 aliphatic rings. The Kier molecular flexibility index (Phi) is 4.70. The van der Waals surface area contributed by atoms with Crippen LogP contribution in [0, 0.1) is 25.2 Å². The van der Waals surface area contributed by atoms with Crippen molar-refractivity contribution in [2.75, 3.05) is 37.6 Å². The maximum Gasteiger partial charge on any atom is 0.317 e. The van der Waals surface area contributed by atoms with E-state index in [1.54, 1.807) is 0 Å². The monoisotopic (exact) mass is 289 g/mol. The van der Waals surface area contributed by atoms with E-state index in [1.807, 2.05) is 23.6 Å². The van der Waals surface area contributed by atoms with E-state index in [4.69, 9.17) is 5.11 Å². The number of aliphatic carboxylic acids is 1. The van der Waals surface area contributed by atoms with E-state index in [2.05, 4.69) is 16.3 Å². The topological polar surface area (TPSA) is 93.3 Å². The molecule has 0 bridgehead atoms. The van der Waals surface area contributed by atoms with Gasteiger partial charge in [0.2, 0.25) is 0 Å². The van der Waals surface area contributed by atoms with Crippen LogP contribution >= 0.6 is 0 Å². The lowest BCUT2D eigenvalue weighted by Gasteiger charge is -2.23. The van der Waals surface area contributed by atoms with Crippen molar-refractivity contribution in [2.45, 2.75) is 20.3 Å². The molecular weight excluding hydrogens is 270 g/mol.